The van der Waals surface area contributed by atoms with E-state index in [0.717, 1.165) is 74.4 Å². The maximum absolute atomic E-state index is 13.2. The molecule has 6 nitrogen and oxygen atoms in total. The number of fused-ring (bicyclic) bond motifs is 1. The van der Waals surface area contributed by atoms with Crippen LogP contribution < -0.4 is 10.2 Å². The summed E-state index contributed by atoms with van der Waals surface area (Å²) >= 11 is 1.63. The summed E-state index contributed by atoms with van der Waals surface area (Å²) in [4.78, 5) is 27.4. The van der Waals surface area contributed by atoms with Crippen LogP contribution in [0.15, 0.2) is 17.8 Å². The van der Waals surface area contributed by atoms with Crippen molar-refractivity contribution in [3.8, 4) is 0 Å². The number of thiophene rings is 1. The van der Waals surface area contributed by atoms with Crippen LogP contribution in [0.3, 0.4) is 0 Å². The largest absolute Gasteiger partial charge is 0.344 e. The van der Waals surface area contributed by atoms with Gasteiger partial charge in [-0.25, -0.2) is 9.97 Å². The van der Waals surface area contributed by atoms with Crippen molar-refractivity contribution in [2.45, 2.75) is 38.6 Å². The highest BCUT2D eigenvalue weighted by Gasteiger charge is 2.36. The second kappa shape index (κ2) is 9.17. The van der Waals surface area contributed by atoms with Crippen LogP contribution in [-0.2, 0) is 4.79 Å². The number of halogens is 1. The van der Waals surface area contributed by atoms with E-state index in [2.05, 4.69) is 38.1 Å². The van der Waals surface area contributed by atoms with E-state index in [1.807, 2.05) is 5.38 Å². The number of hydrogen-bond acceptors (Lipinski definition) is 6. The van der Waals surface area contributed by atoms with Crippen LogP contribution in [-0.4, -0.2) is 59.5 Å². The number of piperidine rings is 1. The second-order valence-corrected chi connectivity index (χ2v) is 8.16. The number of anilines is 1. The van der Waals surface area contributed by atoms with Crippen molar-refractivity contribution in [3.05, 3.63) is 17.8 Å². The average molecular weight is 410 g/mol. The predicted molar refractivity (Wildman–Crippen MR) is 113 cm³/mol. The molecule has 2 aliphatic heterocycles. The first-order valence-electron chi connectivity index (χ1n) is 9.72. The van der Waals surface area contributed by atoms with Gasteiger partial charge in [-0.05, 0) is 56.1 Å². The van der Waals surface area contributed by atoms with Gasteiger partial charge < -0.3 is 15.1 Å². The molecule has 0 aliphatic carbocycles. The molecule has 148 valence electrons. The fraction of sp³-hybridized carbons (Fsp3) is 0.632. The zero-order chi connectivity index (χ0) is 17.9. The zero-order valence-electron chi connectivity index (χ0n) is 15.8. The first kappa shape index (κ1) is 20.3. The van der Waals surface area contributed by atoms with E-state index in [4.69, 9.17) is 0 Å². The smallest absolute Gasteiger partial charge is 0.245 e. The van der Waals surface area contributed by atoms with Crippen molar-refractivity contribution in [3.63, 3.8) is 0 Å². The molecule has 0 bridgehead atoms. The van der Waals surface area contributed by atoms with E-state index in [0.29, 0.717) is 5.92 Å². The molecule has 0 spiro atoms. The highest BCUT2D eigenvalue weighted by atomic mass is 35.5. The van der Waals surface area contributed by atoms with E-state index in [-0.39, 0.29) is 24.4 Å². The standard InChI is InChI=1S/C19H27N5OS.ClH/c1-2-20-12-14-5-9-23(10-6-14)19(25)16-4-3-8-24(16)17-15-7-11-26-18(15)22-13-21-17;/h7,11,13-14,16,20H,2-6,8-10,12H2,1H3;1H. The molecule has 1 N–H and O–H groups in total. The number of carbonyl (C=O) groups excluding carboxylic acids is 1. The van der Waals surface area contributed by atoms with Gasteiger partial charge in [0.2, 0.25) is 5.91 Å². The lowest BCUT2D eigenvalue weighted by molar-refractivity contribution is -0.133. The fourth-order valence-corrected chi connectivity index (χ4v) is 4.93. The summed E-state index contributed by atoms with van der Waals surface area (Å²) in [5, 5.41) is 6.55. The third-order valence-corrected chi connectivity index (χ3v) is 6.48. The van der Waals surface area contributed by atoms with Crippen LogP contribution in [0.5, 0.6) is 0 Å². The molecule has 8 heteroatoms. The van der Waals surface area contributed by atoms with Crippen LogP contribution in [0, 0.1) is 5.92 Å². The molecule has 0 aromatic carbocycles. The van der Waals surface area contributed by atoms with Gasteiger partial charge in [-0.15, -0.1) is 23.7 Å². The molecule has 4 rings (SSSR count). The molecule has 0 saturated carbocycles. The Morgan fingerprint density at radius 2 is 2.07 bits per heavy atom. The highest BCUT2D eigenvalue weighted by molar-refractivity contribution is 7.16. The fourth-order valence-electron chi connectivity index (χ4n) is 4.20. The van der Waals surface area contributed by atoms with Gasteiger partial charge in [0.1, 0.15) is 23.0 Å². The van der Waals surface area contributed by atoms with Crippen LogP contribution >= 0.6 is 23.7 Å². The van der Waals surface area contributed by atoms with Crippen LogP contribution in [0.2, 0.25) is 0 Å². The SMILES string of the molecule is CCNCC1CCN(C(=O)C2CCCN2c2ncnc3sccc23)CC1.Cl. The van der Waals surface area contributed by atoms with E-state index in [1.54, 1.807) is 17.7 Å². The Labute approximate surface area is 170 Å². The Morgan fingerprint density at radius 3 is 2.85 bits per heavy atom. The molecule has 4 heterocycles. The van der Waals surface area contributed by atoms with Crippen molar-refractivity contribution in [2.24, 2.45) is 5.92 Å². The lowest BCUT2D eigenvalue weighted by Crippen LogP contribution is -2.49. The summed E-state index contributed by atoms with van der Waals surface area (Å²) in [7, 11) is 0. The van der Waals surface area contributed by atoms with Gasteiger partial charge in [-0.2, -0.15) is 0 Å². The number of nitrogens with zero attached hydrogens (tertiary/aromatic N) is 4. The normalized spacial score (nSPS) is 20.9. The molecule has 2 aliphatic rings. The van der Waals surface area contributed by atoms with Crippen molar-refractivity contribution >= 4 is 45.7 Å². The molecule has 2 aromatic heterocycles. The van der Waals surface area contributed by atoms with Crippen molar-refractivity contribution in [1.29, 1.82) is 0 Å². The van der Waals surface area contributed by atoms with Crippen molar-refractivity contribution in [1.82, 2.24) is 20.2 Å². The Hall–Kier alpha value is -1.44. The molecule has 2 aromatic rings. The third-order valence-electron chi connectivity index (χ3n) is 5.66. The minimum Gasteiger partial charge on any atom is -0.344 e. The molecule has 1 atom stereocenters. The summed E-state index contributed by atoms with van der Waals surface area (Å²) in [5.41, 5.74) is 0. The molecule has 1 amide bonds. The number of likely N-dealkylation sites (tertiary alicyclic amines) is 1. The first-order chi connectivity index (χ1) is 12.8. The van der Waals surface area contributed by atoms with Gasteiger partial charge in [0.25, 0.3) is 0 Å². The summed E-state index contributed by atoms with van der Waals surface area (Å²) in [6.07, 6.45) is 5.80. The minimum atomic E-state index is -0.0710. The topological polar surface area (TPSA) is 61.4 Å². The molecule has 1 unspecified atom stereocenters. The lowest BCUT2D eigenvalue weighted by atomic mass is 9.96. The Balaban J connectivity index is 0.00000210. The van der Waals surface area contributed by atoms with Gasteiger partial charge >= 0.3 is 0 Å². The summed E-state index contributed by atoms with van der Waals surface area (Å²) < 4.78 is 0. The van der Waals surface area contributed by atoms with Crippen LogP contribution in [0.4, 0.5) is 5.82 Å². The van der Waals surface area contributed by atoms with E-state index in [9.17, 15) is 4.79 Å². The predicted octanol–water partition coefficient (Wildman–Crippen LogP) is 2.93. The number of amides is 1. The van der Waals surface area contributed by atoms with Gasteiger partial charge in [0.05, 0.1) is 5.39 Å². The maximum Gasteiger partial charge on any atom is 0.245 e. The molecule has 27 heavy (non-hydrogen) atoms. The van der Waals surface area contributed by atoms with Gasteiger partial charge in [-0.1, -0.05) is 6.92 Å². The Morgan fingerprint density at radius 1 is 1.26 bits per heavy atom. The maximum atomic E-state index is 13.2. The Bertz CT molecular complexity index is 761. The number of hydrogen-bond donors (Lipinski definition) is 1. The first-order valence-corrected chi connectivity index (χ1v) is 10.6. The average Bonchev–Trinajstić information content (AvgIpc) is 3.35. The molecule has 2 fully saturated rings. The highest BCUT2D eigenvalue weighted by Crippen LogP contribution is 2.32. The van der Waals surface area contributed by atoms with E-state index in [1.165, 1.54) is 0 Å². The van der Waals surface area contributed by atoms with Crippen molar-refractivity contribution < 1.29 is 4.79 Å². The number of rotatable bonds is 5. The van der Waals surface area contributed by atoms with Gasteiger partial charge in [0.15, 0.2) is 0 Å². The van der Waals surface area contributed by atoms with Gasteiger partial charge in [-0.3, -0.25) is 4.79 Å². The van der Waals surface area contributed by atoms with Crippen LogP contribution in [0.1, 0.15) is 32.6 Å². The van der Waals surface area contributed by atoms with E-state index < -0.39 is 0 Å². The number of carbonyl (C=O) groups is 1. The monoisotopic (exact) mass is 409 g/mol. The summed E-state index contributed by atoms with van der Waals surface area (Å²) in [6.45, 7) is 6.91. The molecule has 2 saturated heterocycles. The molecular weight excluding hydrogens is 382 g/mol. The van der Waals surface area contributed by atoms with E-state index >= 15 is 0 Å². The zero-order valence-corrected chi connectivity index (χ0v) is 17.4. The van der Waals surface area contributed by atoms with Gasteiger partial charge in [0, 0.05) is 19.6 Å². The van der Waals surface area contributed by atoms with Crippen LogP contribution in [0.25, 0.3) is 10.2 Å². The molecular formula is C19H28ClN5OS. The number of nitrogens with one attached hydrogen (secondary N) is 1. The summed E-state index contributed by atoms with van der Waals surface area (Å²) in [6, 6.07) is 2.00. The summed E-state index contributed by atoms with van der Waals surface area (Å²) in [5.74, 6) is 1.91. The number of aromatic nitrogens is 2. The quantitative estimate of drug-likeness (QED) is 0.822. The Kier molecular flexibility index (Phi) is 6.89. The van der Waals surface area contributed by atoms with Crippen molar-refractivity contribution in [2.75, 3.05) is 37.6 Å². The molecule has 0 radical (unpaired) electrons. The minimum absolute atomic E-state index is 0. The lowest BCUT2D eigenvalue weighted by Gasteiger charge is -2.36. The third kappa shape index (κ3) is 4.20. The second-order valence-electron chi connectivity index (χ2n) is 7.26.